The number of anilines is 2. The predicted molar refractivity (Wildman–Crippen MR) is 123 cm³/mol. The van der Waals surface area contributed by atoms with Crippen molar-refractivity contribution in [2.75, 3.05) is 16.2 Å². The molecule has 0 saturated carbocycles. The Morgan fingerprint density at radius 1 is 1.00 bits per heavy atom. The number of amides is 1. The summed E-state index contributed by atoms with van der Waals surface area (Å²) in [7, 11) is -2.39. The molecule has 32 heavy (non-hydrogen) atoms. The van der Waals surface area contributed by atoms with E-state index in [1.54, 1.807) is 69.4 Å². The summed E-state index contributed by atoms with van der Waals surface area (Å²) < 4.78 is 29.9. The third-order valence-electron chi connectivity index (χ3n) is 5.18. The first-order chi connectivity index (χ1) is 15.0. The molecule has 8 nitrogen and oxygen atoms in total. The van der Waals surface area contributed by atoms with Gasteiger partial charge in [0.1, 0.15) is 11.4 Å². The van der Waals surface area contributed by atoms with Crippen molar-refractivity contribution in [2.24, 2.45) is 7.05 Å². The number of aryl methyl sites for hydroxylation is 3. The number of sulfonamides is 1. The second-order valence-corrected chi connectivity index (χ2v) is 9.45. The third kappa shape index (κ3) is 4.72. The van der Waals surface area contributed by atoms with Gasteiger partial charge in [-0.2, -0.15) is 5.10 Å². The number of nitrogens with zero attached hydrogens (tertiary/aromatic N) is 3. The lowest BCUT2D eigenvalue weighted by Crippen LogP contribution is -2.38. The van der Waals surface area contributed by atoms with Gasteiger partial charge in [0.2, 0.25) is 5.91 Å². The molecule has 0 aliphatic heterocycles. The van der Waals surface area contributed by atoms with Crippen molar-refractivity contribution in [3.63, 3.8) is 0 Å². The molecule has 9 heteroatoms. The zero-order chi connectivity index (χ0) is 23.6. The van der Waals surface area contributed by atoms with Gasteiger partial charge in [0, 0.05) is 18.3 Å². The van der Waals surface area contributed by atoms with Crippen molar-refractivity contribution in [2.45, 2.75) is 32.6 Å². The zero-order valence-corrected chi connectivity index (χ0v) is 19.5. The first-order valence-electron chi connectivity index (χ1n) is 10.0. The molecule has 0 aliphatic rings. The van der Waals surface area contributed by atoms with E-state index in [-0.39, 0.29) is 10.7 Å². The van der Waals surface area contributed by atoms with Crippen molar-refractivity contribution in [1.82, 2.24) is 9.78 Å². The Kier molecular flexibility index (Phi) is 6.50. The summed E-state index contributed by atoms with van der Waals surface area (Å²) in [5.41, 5.74) is 3.18. The Balaban J connectivity index is 1.95. The molecule has 3 rings (SSSR count). The van der Waals surface area contributed by atoms with Gasteiger partial charge in [-0.25, -0.2) is 8.42 Å². The van der Waals surface area contributed by atoms with Crippen LogP contribution < -0.4 is 9.62 Å². The molecule has 168 valence electrons. The van der Waals surface area contributed by atoms with Crippen molar-refractivity contribution in [3.8, 4) is 0 Å². The molecule has 0 atom stereocenters. The predicted octanol–water partition coefficient (Wildman–Crippen LogP) is 3.38. The Hall–Kier alpha value is -3.46. The molecule has 2 aromatic carbocycles. The van der Waals surface area contributed by atoms with Gasteiger partial charge >= 0.3 is 0 Å². The first-order valence-corrected chi connectivity index (χ1v) is 11.4. The average molecular weight is 455 g/mol. The van der Waals surface area contributed by atoms with Gasteiger partial charge in [0.15, 0.2) is 5.78 Å². The number of rotatable bonds is 7. The maximum absolute atomic E-state index is 13.6. The Labute approximate surface area is 187 Å². The standard InChI is InChI=1S/C23H26N4O4S/c1-15-6-12-21(13-7-15)27(32(30,31)23-16(2)25-26(5)17(23)3)14-22(29)24-20-10-8-19(9-11-20)18(4)28/h6-13H,14H2,1-5H3,(H,24,29). The molecule has 0 bridgehead atoms. The first kappa shape index (κ1) is 23.2. The highest BCUT2D eigenvalue weighted by Gasteiger charge is 2.32. The molecule has 1 heterocycles. The second kappa shape index (κ2) is 8.96. The van der Waals surface area contributed by atoms with Crippen molar-refractivity contribution in [1.29, 1.82) is 0 Å². The lowest BCUT2D eigenvalue weighted by molar-refractivity contribution is -0.114. The monoisotopic (exact) mass is 454 g/mol. The van der Waals surface area contributed by atoms with Crippen LogP contribution in [-0.2, 0) is 21.9 Å². The fraction of sp³-hybridized carbons (Fsp3) is 0.261. The minimum absolute atomic E-state index is 0.0817. The molecular formula is C23H26N4O4S. The zero-order valence-electron chi connectivity index (χ0n) is 18.7. The highest BCUT2D eigenvalue weighted by atomic mass is 32.2. The number of aromatic nitrogens is 2. The smallest absolute Gasteiger partial charge is 0.268 e. The fourth-order valence-corrected chi connectivity index (χ4v) is 5.21. The van der Waals surface area contributed by atoms with E-state index in [1.165, 1.54) is 11.6 Å². The van der Waals surface area contributed by atoms with Crippen LogP contribution in [0.15, 0.2) is 53.4 Å². The van der Waals surface area contributed by atoms with Crippen molar-refractivity contribution < 1.29 is 18.0 Å². The number of hydrogen-bond acceptors (Lipinski definition) is 5. The number of hydrogen-bond donors (Lipinski definition) is 1. The summed E-state index contributed by atoms with van der Waals surface area (Å²) in [5.74, 6) is -0.592. The topological polar surface area (TPSA) is 101 Å². The Morgan fingerprint density at radius 3 is 2.09 bits per heavy atom. The van der Waals surface area contributed by atoms with Gasteiger partial charge < -0.3 is 5.32 Å². The van der Waals surface area contributed by atoms with Crippen LogP contribution in [0.1, 0.15) is 34.2 Å². The second-order valence-electron chi connectivity index (χ2n) is 7.65. The molecule has 0 spiro atoms. The number of carbonyl (C=O) groups is 2. The molecule has 3 aromatic rings. The van der Waals surface area contributed by atoms with Crippen LogP contribution in [0.4, 0.5) is 11.4 Å². The minimum Gasteiger partial charge on any atom is -0.325 e. The van der Waals surface area contributed by atoms with Gasteiger partial charge in [-0.15, -0.1) is 0 Å². The van der Waals surface area contributed by atoms with Crippen LogP contribution >= 0.6 is 0 Å². The molecule has 0 fully saturated rings. The lowest BCUT2D eigenvalue weighted by atomic mass is 10.1. The molecule has 0 saturated heterocycles. The quantitative estimate of drug-likeness (QED) is 0.552. The summed E-state index contributed by atoms with van der Waals surface area (Å²) >= 11 is 0. The Morgan fingerprint density at radius 2 is 1.59 bits per heavy atom. The van der Waals surface area contributed by atoms with E-state index in [0.29, 0.717) is 28.3 Å². The lowest BCUT2D eigenvalue weighted by Gasteiger charge is -2.24. The number of benzene rings is 2. The average Bonchev–Trinajstić information content (AvgIpc) is 2.99. The number of carbonyl (C=O) groups excluding carboxylic acids is 2. The SMILES string of the molecule is CC(=O)c1ccc(NC(=O)CN(c2ccc(C)cc2)S(=O)(=O)c2c(C)nn(C)c2C)cc1. The highest BCUT2D eigenvalue weighted by Crippen LogP contribution is 2.28. The van der Waals surface area contributed by atoms with Crippen LogP contribution in [0, 0.1) is 20.8 Å². The maximum atomic E-state index is 13.6. The van der Waals surface area contributed by atoms with Gasteiger partial charge in [0.05, 0.1) is 17.1 Å². The minimum atomic E-state index is -4.07. The fourth-order valence-electron chi connectivity index (χ4n) is 3.38. The van der Waals surface area contributed by atoms with E-state index in [0.717, 1.165) is 9.87 Å². The number of Topliss-reactive ketones (excluding diaryl/α,β-unsaturated/α-hetero) is 1. The largest absolute Gasteiger partial charge is 0.325 e. The van der Waals surface area contributed by atoms with Crippen LogP contribution in [0.2, 0.25) is 0 Å². The van der Waals surface area contributed by atoms with E-state index >= 15 is 0 Å². The van der Waals surface area contributed by atoms with E-state index < -0.39 is 22.5 Å². The summed E-state index contributed by atoms with van der Waals surface area (Å²) in [6.07, 6.45) is 0. The molecule has 0 radical (unpaired) electrons. The van der Waals surface area contributed by atoms with Gasteiger partial charge in [-0.05, 0) is 64.1 Å². The van der Waals surface area contributed by atoms with Crippen LogP contribution in [0.5, 0.6) is 0 Å². The summed E-state index contributed by atoms with van der Waals surface area (Å²) in [4.78, 5) is 24.4. The summed E-state index contributed by atoms with van der Waals surface area (Å²) in [5, 5.41) is 6.92. The summed E-state index contributed by atoms with van der Waals surface area (Å²) in [6.45, 7) is 6.24. The van der Waals surface area contributed by atoms with E-state index in [2.05, 4.69) is 10.4 Å². The normalized spacial score (nSPS) is 11.3. The molecular weight excluding hydrogens is 428 g/mol. The van der Waals surface area contributed by atoms with E-state index in [1.807, 2.05) is 6.92 Å². The van der Waals surface area contributed by atoms with Crippen LogP contribution in [0.3, 0.4) is 0 Å². The van der Waals surface area contributed by atoms with Crippen molar-refractivity contribution in [3.05, 3.63) is 71.0 Å². The molecule has 0 aliphatic carbocycles. The number of nitrogens with one attached hydrogen (secondary N) is 1. The molecule has 1 aromatic heterocycles. The van der Waals surface area contributed by atoms with E-state index in [4.69, 9.17) is 0 Å². The number of ketones is 1. The molecule has 1 amide bonds. The van der Waals surface area contributed by atoms with Crippen molar-refractivity contribution >= 4 is 33.1 Å². The van der Waals surface area contributed by atoms with Gasteiger partial charge in [-0.1, -0.05) is 17.7 Å². The summed E-state index contributed by atoms with van der Waals surface area (Å²) in [6, 6.07) is 13.3. The molecule has 0 unspecified atom stereocenters. The third-order valence-corrected chi connectivity index (χ3v) is 7.20. The maximum Gasteiger partial charge on any atom is 0.268 e. The van der Waals surface area contributed by atoms with E-state index in [9.17, 15) is 18.0 Å². The van der Waals surface area contributed by atoms with Crippen LogP contribution in [-0.4, -0.2) is 36.4 Å². The molecule has 1 N–H and O–H groups in total. The highest BCUT2D eigenvalue weighted by molar-refractivity contribution is 7.93. The Bertz CT molecular complexity index is 1260. The van der Waals surface area contributed by atoms with Gasteiger partial charge in [0.25, 0.3) is 10.0 Å². The van der Waals surface area contributed by atoms with Crippen LogP contribution in [0.25, 0.3) is 0 Å². The van der Waals surface area contributed by atoms with Gasteiger partial charge in [-0.3, -0.25) is 18.6 Å².